The molecule has 0 bridgehead atoms. The largest absolute Gasteiger partial charge is 0.354 e. The molecular weight excluding hydrogens is 260 g/mol. The van der Waals surface area contributed by atoms with Gasteiger partial charge in [-0.05, 0) is 24.5 Å². The molecule has 5 nitrogen and oxygen atoms in total. The van der Waals surface area contributed by atoms with Gasteiger partial charge in [-0.15, -0.1) is 11.8 Å². The maximum atomic E-state index is 11.5. The van der Waals surface area contributed by atoms with E-state index in [-0.39, 0.29) is 5.91 Å². The van der Waals surface area contributed by atoms with Crippen LogP contribution in [0.1, 0.15) is 16.1 Å². The smallest absolute Gasteiger partial charge is 0.271 e. The van der Waals surface area contributed by atoms with Gasteiger partial charge < -0.3 is 11.1 Å². The van der Waals surface area contributed by atoms with E-state index in [0.29, 0.717) is 12.2 Å². The number of thioether (sulfide) groups is 1. The van der Waals surface area contributed by atoms with Gasteiger partial charge in [0, 0.05) is 30.2 Å². The third-order valence-corrected chi connectivity index (χ3v) is 3.65. The summed E-state index contributed by atoms with van der Waals surface area (Å²) in [6.07, 6.45) is 3.78. The van der Waals surface area contributed by atoms with E-state index in [1.807, 2.05) is 24.5 Å². The predicted molar refractivity (Wildman–Crippen MR) is 76.6 cm³/mol. The van der Waals surface area contributed by atoms with Gasteiger partial charge in [0.1, 0.15) is 0 Å². The lowest BCUT2D eigenvalue weighted by atomic mass is 10.2. The highest BCUT2D eigenvalue weighted by atomic mass is 32.2. The van der Waals surface area contributed by atoms with Gasteiger partial charge in [-0.25, -0.2) is 4.68 Å². The normalized spacial score (nSPS) is 10.5. The molecule has 1 aromatic carbocycles. The fraction of sp³-hybridized carbons (Fsp3) is 0.231. The fourth-order valence-electron chi connectivity index (χ4n) is 1.87. The first-order valence-corrected chi connectivity index (χ1v) is 7.07. The molecule has 19 heavy (non-hydrogen) atoms. The van der Waals surface area contributed by atoms with Crippen molar-refractivity contribution in [3.8, 4) is 5.69 Å². The number of carbonyl (C=O) groups is 1. The average molecular weight is 276 g/mol. The summed E-state index contributed by atoms with van der Waals surface area (Å²) < 4.78 is 1.69. The van der Waals surface area contributed by atoms with Crippen molar-refractivity contribution < 1.29 is 4.79 Å². The predicted octanol–water partition coefficient (Wildman–Crippen LogP) is 1.41. The van der Waals surface area contributed by atoms with Crippen LogP contribution in [0.2, 0.25) is 0 Å². The van der Waals surface area contributed by atoms with Gasteiger partial charge in [0.15, 0.2) is 5.69 Å². The van der Waals surface area contributed by atoms with E-state index in [9.17, 15) is 4.79 Å². The van der Waals surface area contributed by atoms with Crippen molar-refractivity contribution in [3.05, 3.63) is 41.7 Å². The number of hydrogen-bond donors (Lipinski definition) is 2. The van der Waals surface area contributed by atoms with E-state index in [1.165, 1.54) is 0 Å². The first-order valence-electron chi connectivity index (χ1n) is 5.85. The molecule has 0 atom stereocenters. The minimum absolute atomic E-state index is 0.200. The van der Waals surface area contributed by atoms with Gasteiger partial charge in [-0.2, -0.15) is 5.10 Å². The zero-order valence-corrected chi connectivity index (χ0v) is 11.7. The van der Waals surface area contributed by atoms with Gasteiger partial charge in [-0.3, -0.25) is 4.79 Å². The number of hydrogen-bond acceptors (Lipinski definition) is 4. The first kappa shape index (κ1) is 13.6. The van der Waals surface area contributed by atoms with Crippen molar-refractivity contribution in [1.29, 1.82) is 0 Å². The molecule has 0 aliphatic carbocycles. The summed E-state index contributed by atoms with van der Waals surface area (Å²) in [6, 6.07) is 7.62. The van der Waals surface area contributed by atoms with Crippen LogP contribution < -0.4 is 11.1 Å². The van der Waals surface area contributed by atoms with Crippen molar-refractivity contribution >= 4 is 17.7 Å². The Morgan fingerprint density at radius 2 is 2.26 bits per heavy atom. The summed E-state index contributed by atoms with van der Waals surface area (Å²) in [5.74, 6) is -0.200. The molecule has 0 unspecified atom stereocenters. The second kappa shape index (κ2) is 5.90. The van der Waals surface area contributed by atoms with Gasteiger partial charge in [0.05, 0.1) is 5.69 Å². The molecule has 0 spiro atoms. The van der Waals surface area contributed by atoms with Crippen molar-refractivity contribution in [3.63, 3.8) is 0 Å². The van der Waals surface area contributed by atoms with Crippen LogP contribution in [0.3, 0.4) is 0 Å². The second-order valence-corrected chi connectivity index (χ2v) is 4.73. The van der Waals surface area contributed by atoms with Gasteiger partial charge in [0.2, 0.25) is 0 Å². The van der Waals surface area contributed by atoms with Crippen LogP contribution in [0.25, 0.3) is 5.69 Å². The minimum Gasteiger partial charge on any atom is -0.354 e. The molecule has 1 heterocycles. The zero-order valence-electron chi connectivity index (χ0n) is 10.9. The third-order valence-electron chi connectivity index (χ3n) is 2.83. The summed E-state index contributed by atoms with van der Waals surface area (Å²) in [7, 11) is 1.58. The summed E-state index contributed by atoms with van der Waals surface area (Å²) in [4.78, 5) is 12.6. The summed E-state index contributed by atoms with van der Waals surface area (Å²) in [5.41, 5.74) is 8.15. The lowest BCUT2D eigenvalue weighted by molar-refractivity contribution is 0.0957. The molecule has 0 aliphatic heterocycles. The summed E-state index contributed by atoms with van der Waals surface area (Å²) in [5, 5.41) is 6.83. The number of rotatable bonds is 4. The molecule has 0 aliphatic rings. The van der Waals surface area contributed by atoms with Crippen LogP contribution in [0.15, 0.2) is 35.4 Å². The third kappa shape index (κ3) is 2.64. The Labute approximate surface area is 116 Å². The van der Waals surface area contributed by atoms with Crippen LogP contribution >= 0.6 is 11.8 Å². The highest BCUT2D eigenvalue weighted by molar-refractivity contribution is 7.98. The van der Waals surface area contributed by atoms with Crippen LogP contribution in [0, 0.1) is 0 Å². The van der Waals surface area contributed by atoms with Crippen molar-refractivity contribution in [2.45, 2.75) is 11.4 Å². The SMILES string of the molecule is CNC(=O)c1ccn(-c2cccc(SC)c2CN)n1. The maximum Gasteiger partial charge on any atom is 0.271 e. The quantitative estimate of drug-likeness (QED) is 0.828. The number of carbonyl (C=O) groups excluding carboxylic acids is 1. The van der Waals surface area contributed by atoms with E-state index < -0.39 is 0 Å². The molecule has 2 aromatic rings. The Bertz CT molecular complexity index is 594. The topological polar surface area (TPSA) is 72.9 Å². The molecule has 2 rings (SSSR count). The Kier molecular flexibility index (Phi) is 4.24. The monoisotopic (exact) mass is 276 g/mol. The number of amides is 1. The maximum absolute atomic E-state index is 11.5. The number of nitrogens with zero attached hydrogens (tertiary/aromatic N) is 2. The van der Waals surface area contributed by atoms with Gasteiger partial charge in [-0.1, -0.05) is 6.07 Å². The van der Waals surface area contributed by atoms with E-state index in [1.54, 1.807) is 35.8 Å². The van der Waals surface area contributed by atoms with E-state index in [0.717, 1.165) is 16.1 Å². The van der Waals surface area contributed by atoms with Crippen molar-refractivity contribution in [2.24, 2.45) is 5.73 Å². The van der Waals surface area contributed by atoms with E-state index in [4.69, 9.17) is 5.73 Å². The second-order valence-electron chi connectivity index (χ2n) is 3.89. The molecule has 6 heteroatoms. The lowest BCUT2D eigenvalue weighted by Gasteiger charge is -2.11. The average Bonchev–Trinajstić information content (AvgIpc) is 2.95. The molecule has 100 valence electrons. The lowest BCUT2D eigenvalue weighted by Crippen LogP contribution is -2.18. The van der Waals surface area contributed by atoms with E-state index in [2.05, 4.69) is 10.4 Å². The molecule has 3 N–H and O–H groups in total. The van der Waals surface area contributed by atoms with Crippen LogP contribution in [0.4, 0.5) is 0 Å². The Morgan fingerprint density at radius 1 is 1.47 bits per heavy atom. The van der Waals surface area contributed by atoms with Crippen molar-refractivity contribution in [1.82, 2.24) is 15.1 Å². The molecule has 0 saturated heterocycles. The Hall–Kier alpha value is -1.79. The number of benzene rings is 1. The van der Waals surface area contributed by atoms with Crippen LogP contribution in [-0.2, 0) is 6.54 Å². The molecule has 1 amide bonds. The molecule has 0 radical (unpaired) electrons. The molecule has 1 aromatic heterocycles. The number of nitrogens with one attached hydrogen (secondary N) is 1. The molecular formula is C13H16N4OS. The Morgan fingerprint density at radius 3 is 2.89 bits per heavy atom. The highest BCUT2D eigenvalue weighted by Crippen LogP contribution is 2.25. The Balaban J connectivity index is 2.47. The summed E-state index contributed by atoms with van der Waals surface area (Å²) >= 11 is 1.65. The summed E-state index contributed by atoms with van der Waals surface area (Å²) in [6.45, 7) is 0.432. The van der Waals surface area contributed by atoms with Crippen LogP contribution in [0.5, 0.6) is 0 Å². The molecule has 0 saturated carbocycles. The minimum atomic E-state index is -0.200. The van der Waals surface area contributed by atoms with Gasteiger partial charge >= 0.3 is 0 Å². The first-order chi connectivity index (χ1) is 9.21. The van der Waals surface area contributed by atoms with Crippen LogP contribution in [-0.4, -0.2) is 29.0 Å². The zero-order chi connectivity index (χ0) is 13.8. The molecule has 0 fully saturated rings. The standard InChI is InChI=1S/C13H16N4OS/c1-15-13(18)10-6-7-17(16-10)11-4-3-5-12(19-2)9(11)8-14/h3-7H,8,14H2,1-2H3,(H,15,18). The number of aromatic nitrogens is 2. The number of nitrogens with two attached hydrogens (primary N) is 1. The fourth-order valence-corrected chi connectivity index (χ4v) is 2.52. The van der Waals surface area contributed by atoms with Crippen molar-refractivity contribution in [2.75, 3.05) is 13.3 Å². The highest BCUT2D eigenvalue weighted by Gasteiger charge is 2.12. The van der Waals surface area contributed by atoms with Gasteiger partial charge in [0.25, 0.3) is 5.91 Å². The van der Waals surface area contributed by atoms with E-state index >= 15 is 0 Å².